The number of aryl methyl sites for hydroxylation is 1. The molecule has 0 fully saturated rings. The summed E-state index contributed by atoms with van der Waals surface area (Å²) in [5.41, 5.74) is 3.40. The zero-order valence-electron chi connectivity index (χ0n) is 13.8. The van der Waals surface area contributed by atoms with E-state index in [2.05, 4.69) is 22.4 Å². The molecule has 0 bridgehead atoms. The molecule has 25 heavy (non-hydrogen) atoms. The molecule has 0 spiro atoms. The number of pyridine rings is 1. The molecule has 0 radical (unpaired) electrons. The Balaban J connectivity index is 1.68. The van der Waals surface area contributed by atoms with Gasteiger partial charge < -0.3 is 14.8 Å². The molecule has 0 saturated heterocycles. The summed E-state index contributed by atoms with van der Waals surface area (Å²) in [4.78, 5) is 0. The molecule has 2 aromatic heterocycles. The van der Waals surface area contributed by atoms with Gasteiger partial charge in [0.1, 0.15) is 17.9 Å². The Hall–Kier alpha value is -2.83. The lowest BCUT2D eigenvalue weighted by Gasteiger charge is -2.16. The molecule has 0 unspecified atom stereocenters. The van der Waals surface area contributed by atoms with Crippen molar-refractivity contribution in [3.8, 4) is 11.5 Å². The third kappa shape index (κ3) is 2.08. The molecular weight excluding hydrogens is 323 g/mol. The molecule has 6 nitrogen and oxygen atoms in total. The summed E-state index contributed by atoms with van der Waals surface area (Å²) >= 11 is 0. The first-order valence-electron chi connectivity index (χ1n) is 8.42. The van der Waals surface area contributed by atoms with Crippen LogP contribution in [0.15, 0.2) is 24.5 Å². The Morgan fingerprint density at radius 3 is 2.96 bits per heavy atom. The SMILES string of the molecule is CCc1cc2c(n3cnnc13)NCc1c(F)ccc3c1[C@@H](CO3)CO2. The number of rotatable bonds is 1. The second-order valence-corrected chi connectivity index (χ2v) is 6.37. The number of fused-ring (bicyclic) bond motifs is 3. The van der Waals surface area contributed by atoms with Crippen molar-refractivity contribution >= 4 is 11.5 Å². The van der Waals surface area contributed by atoms with Gasteiger partial charge in [-0.2, -0.15) is 0 Å². The van der Waals surface area contributed by atoms with Gasteiger partial charge in [0.2, 0.25) is 0 Å². The van der Waals surface area contributed by atoms with Crippen LogP contribution in [0.25, 0.3) is 5.65 Å². The fourth-order valence-electron chi connectivity index (χ4n) is 3.71. The Morgan fingerprint density at radius 2 is 2.12 bits per heavy atom. The quantitative estimate of drug-likeness (QED) is 0.738. The van der Waals surface area contributed by atoms with E-state index >= 15 is 0 Å². The minimum Gasteiger partial charge on any atom is -0.493 e. The van der Waals surface area contributed by atoms with Gasteiger partial charge in [-0.1, -0.05) is 6.92 Å². The molecule has 128 valence electrons. The number of anilines is 1. The summed E-state index contributed by atoms with van der Waals surface area (Å²) < 4.78 is 28.2. The molecule has 1 aromatic carbocycles. The van der Waals surface area contributed by atoms with Crippen molar-refractivity contribution in [3.05, 3.63) is 47.0 Å². The predicted octanol–water partition coefficient (Wildman–Crippen LogP) is 2.91. The number of aromatic nitrogens is 3. The van der Waals surface area contributed by atoms with Gasteiger partial charge in [-0.3, -0.25) is 4.40 Å². The Morgan fingerprint density at radius 1 is 1.28 bits per heavy atom. The fraction of sp³-hybridized carbons (Fsp3) is 0.333. The molecule has 3 aromatic rings. The van der Waals surface area contributed by atoms with Crippen LogP contribution in [0.3, 0.4) is 0 Å². The van der Waals surface area contributed by atoms with E-state index in [1.54, 1.807) is 12.4 Å². The first-order valence-corrected chi connectivity index (χ1v) is 8.42. The highest BCUT2D eigenvalue weighted by Crippen LogP contribution is 2.40. The average Bonchev–Trinajstić information content (AvgIpc) is 3.26. The van der Waals surface area contributed by atoms with E-state index in [1.807, 2.05) is 10.5 Å². The highest BCUT2D eigenvalue weighted by atomic mass is 19.1. The maximum absolute atomic E-state index is 14.5. The number of halogens is 1. The maximum Gasteiger partial charge on any atom is 0.165 e. The molecule has 0 aliphatic carbocycles. The monoisotopic (exact) mass is 340 g/mol. The summed E-state index contributed by atoms with van der Waals surface area (Å²) in [5.74, 6) is 2.02. The minimum absolute atomic E-state index is 0.0233. The van der Waals surface area contributed by atoms with Crippen LogP contribution in [0.4, 0.5) is 10.2 Å². The second kappa shape index (κ2) is 5.34. The lowest BCUT2D eigenvalue weighted by molar-refractivity contribution is 0.248. The number of nitrogens with one attached hydrogen (secondary N) is 1. The Labute approximate surface area is 143 Å². The topological polar surface area (TPSA) is 60.7 Å². The van der Waals surface area contributed by atoms with Gasteiger partial charge in [0.05, 0.1) is 19.1 Å². The number of ether oxygens (including phenoxy) is 2. The van der Waals surface area contributed by atoms with Crippen LogP contribution in [0.1, 0.15) is 29.5 Å². The van der Waals surface area contributed by atoms with Gasteiger partial charge in [0, 0.05) is 23.2 Å². The van der Waals surface area contributed by atoms with Crippen LogP contribution < -0.4 is 14.8 Å². The molecule has 5 rings (SSSR count). The van der Waals surface area contributed by atoms with Gasteiger partial charge in [0.25, 0.3) is 0 Å². The summed E-state index contributed by atoms with van der Waals surface area (Å²) in [6.07, 6.45) is 2.48. The highest BCUT2D eigenvalue weighted by molar-refractivity contribution is 5.64. The first-order chi connectivity index (χ1) is 12.3. The number of nitrogens with zero attached hydrogens (tertiary/aromatic N) is 3. The van der Waals surface area contributed by atoms with Crippen molar-refractivity contribution in [1.29, 1.82) is 0 Å². The van der Waals surface area contributed by atoms with Crippen molar-refractivity contribution in [3.63, 3.8) is 0 Å². The summed E-state index contributed by atoms with van der Waals surface area (Å²) in [6, 6.07) is 5.16. The third-order valence-corrected chi connectivity index (χ3v) is 4.98. The first kappa shape index (κ1) is 14.5. The van der Waals surface area contributed by atoms with Crippen molar-refractivity contribution in [2.45, 2.75) is 25.8 Å². The Bertz CT molecular complexity index is 985. The molecule has 1 atom stereocenters. The lowest BCUT2D eigenvalue weighted by atomic mass is 9.96. The fourth-order valence-corrected chi connectivity index (χ4v) is 3.71. The van der Waals surface area contributed by atoms with E-state index < -0.39 is 0 Å². The largest absolute Gasteiger partial charge is 0.493 e. The zero-order valence-corrected chi connectivity index (χ0v) is 13.8. The van der Waals surface area contributed by atoms with Crippen LogP contribution >= 0.6 is 0 Å². The molecule has 7 heteroatoms. The smallest absolute Gasteiger partial charge is 0.165 e. The van der Waals surface area contributed by atoms with Crippen molar-refractivity contribution in [2.24, 2.45) is 0 Å². The minimum atomic E-state index is -0.227. The summed E-state index contributed by atoms with van der Waals surface area (Å²) in [5, 5.41) is 11.5. The summed E-state index contributed by atoms with van der Waals surface area (Å²) in [6.45, 7) is 3.37. The van der Waals surface area contributed by atoms with Crippen molar-refractivity contribution < 1.29 is 13.9 Å². The van der Waals surface area contributed by atoms with Gasteiger partial charge >= 0.3 is 0 Å². The van der Waals surface area contributed by atoms with E-state index in [1.165, 1.54) is 6.07 Å². The number of hydrogen-bond acceptors (Lipinski definition) is 5. The van der Waals surface area contributed by atoms with Gasteiger partial charge in [-0.25, -0.2) is 4.39 Å². The van der Waals surface area contributed by atoms with E-state index in [9.17, 15) is 4.39 Å². The number of benzene rings is 1. The molecule has 2 aliphatic rings. The normalized spacial score (nSPS) is 18.2. The van der Waals surface area contributed by atoms with Crippen molar-refractivity contribution in [1.82, 2.24) is 14.6 Å². The highest BCUT2D eigenvalue weighted by Gasteiger charge is 2.31. The molecule has 4 heterocycles. The summed E-state index contributed by atoms with van der Waals surface area (Å²) in [7, 11) is 0. The van der Waals surface area contributed by atoms with E-state index in [-0.39, 0.29) is 11.7 Å². The van der Waals surface area contributed by atoms with Gasteiger partial charge in [0.15, 0.2) is 17.2 Å². The van der Waals surface area contributed by atoms with Crippen LogP contribution in [0.5, 0.6) is 11.5 Å². The van der Waals surface area contributed by atoms with Crippen LogP contribution in [0.2, 0.25) is 0 Å². The molecule has 0 saturated carbocycles. The lowest BCUT2D eigenvalue weighted by Crippen LogP contribution is -2.13. The van der Waals surface area contributed by atoms with Crippen molar-refractivity contribution in [2.75, 3.05) is 18.5 Å². The predicted molar refractivity (Wildman–Crippen MR) is 89.8 cm³/mol. The second-order valence-electron chi connectivity index (χ2n) is 6.37. The van der Waals surface area contributed by atoms with Gasteiger partial charge in [-0.05, 0) is 24.6 Å². The van der Waals surface area contributed by atoms with E-state index in [4.69, 9.17) is 9.47 Å². The molecular formula is C18H17FN4O2. The van der Waals surface area contributed by atoms with E-state index in [0.29, 0.717) is 25.3 Å². The van der Waals surface area contributed by atoms with Crippen LogP contribution in [-0.4, -0.2) is 27.8 Å². The van der Waals surface area contributed by atoms with E-state index in [0.717, 1.165) is 40.5 Å². The third-order valence-electron chi connectivity index (χ3n) is 4.98. The van der Waals surface area contributed by atoms with Gasteiger partial charge in [-0.15, -0.1) is 10.2 Å². The molecule has 0 amide bonds. The average molecular weight is 340 g/mol. The Kier molecular flexibility index (Phi) is 3.10. The number of hydrogen-bond donors (Lipinski definition) is 1. The molecule has 1 N–H and O–H groups in total. The maximum atomic E-state index is 14.5. The molecule has 2 aliphatic heterocycles. The standard InChI is InChI=1S/C18H17FN4O2/c1-2-10-5-15-18(23-9-21-22-17(10)23)20-6-12-13(19)3-4-14-16(12)11(7-24-14)8-25-15/h3-5,9,11,20H,2,6-8H2,1H3/t11-/m0/s1. The zero-order chi connectivity index (χ0) is 17.0. The van der Waals surface area contributed by atoms with Crippen LogP contribution in [-0.2, 0) is 13.0 Å². The van der Waals surface area contributed by atoms with Crippen LogP contribution in [0, 0.1) is 5.82 Å².